The first kappa shape index (κ1) is 14.5. The Morgan fingerprint density at radius 2 is 2.05 bits per heavy atom. The van der Waals surface area contributed by atoms with Gasteiger partial charge in [-0.1, -0.05) is 13.0 Å². The Bertz CT molecular complexity index is 516. The molecular formula is C15H21N3O2. The Morgan fingerprint density at radius 3 is 2.70 bits per heavy atom. The van der Waals surface area contributed by atoms with E-state index in [1.807, 2.05) is 4.90 Å². The third-order valence-corrected chi connectivity index (χ3v) is 4.10. The number of benzene rings is 1. The number of piperidine rings is 1. The van der Waals surface area contributed by atoms with Crippen molar-refractivity contribution in [2.24, 2.45) is 23.3 Å². The average molecular weight is 275 g/mol. The van der Waals surface area contributed by atoms with Gasteiger partial charge < -0.3 is 16.4 Å². The van der Waals surface area contributed by atoms with E-state index < -0.39 is 5.91 Å². The van der Waals surface area contributed by atoms with Crippen LogP contribution in [0.1, 0.15) is 34.1 Å². The van der Waals surface area contributed by atoms with Crippen LogP contribution in [0.5, 0.6) is 0 Å². The predicted molar refractivity (Wildman–Crippen MR) is 77.2 cm³/mol. The van der Waals surface area contributed by atoms with Gasteiger partial charge in [0.05, 0.1) is 0 Å². The number of rotatable bonds is 3. The Balaban J connectivity index is 2.15. The summed E-state index contributed by atoms with van der Waals surface area (Å²) in [4.78, 5) is 25.5. The second-order valence-electron chi connectivity index (χ2n) is 5.46. The monoisotopic (exact) mass is 275 g/mol. The molecule has 1 aliphatic rings. The Hall–Kier alpha value is -1.88. The number of nitrogens with two attached hydrogens (primary N) is 2. The van der Waals surface area contributed by atoms with Crippen molar-refractivity contribution in [3.63, 3.8) is 0 Å². The lowest BCUT2D eigenvalue weighted by Crippen LogP contribution is -2.45. The smallest absolute Gasteiger partial charge is 0.253 e. The van der Waals surface area contributed by atoms with Crippen molar-refractivity contribution in [2.75, 3.05) is 19.6 Å². The SMILES string of the molecule is CC1CCN(C(=O)c2cccc(C(N)=O)c2)CC1CN. The Kier molecular flexibility index (Phi) is 4.39. The van der Waals surface area contributed by atoms with Crippen LogP contribution in [0, 0.1) is 11.8 Å². The zero-order valence-corrected chi connectivity index (χ0v) is 11.7. The highest BCUT2D eigenvalue weighted by Crippen LogP contribution is 2.23. The topological polar surface area (TPSA) is 89.4 Å². The lowest BCUT2D eigenvalue weighted by molar-refractivity contribution is 0.0618. The van der Waals surface area contributed by atoms with E-state index in [0.717, 1.165) is 13.0 Å². The molecule has 2 rings (SSSR count). The summed E-state index contributed by atoms with van der Waals surface area (Å²) < 4.78 is 0. The van der Waals surface area contributed by atoms with Crippen LogP contribution in [0.25, 0.3) is 0 Å². The van der Waals surface area contributed by atoms with Gasteiger partial charge in [-0.2, -0.15) is 0 Å². The minimum Gasteiger partial charge on any atom is -0.366 e. The number of primary amides is 1. The molecule has 0 aromatic heterocycles. The molecule has 108 valence electrons. The molecule has 1 aliphatic heterocycles. The lowest BCUT2D eigenvalue weighted by Gasteiger charge is -2.36. The summed E-state index contributed by atoms with van der Waals surface area (Å²) in [5.41, 5.74) is 11.9. The summed E-state index contributed by atoms with van der Waals surface area (Å²) in [6, 6.07) is 6.56. The Morgan fingerprint density at radius 1 is 1.35 bits per heavy atom. The zero-order valence-electron chi connectivity index (χ0n) is 11.7. The molecule has 2 atom stereocenters. The van der Waals surface area contributed by atoms with Crippen molar-refractivity contribution < 1.29 is 9.59 Å². The molecular weight excluding hydrogens is 254 g/mol. The van der Waals surface area contributed by atoms with Gasteiger partial charge in [0.1, 0.15) is 0 Å². The quantitative estimate of drug-likeness (QED) is 0.856. The Labute approximate surface area is 118 Å². The predicted octanol–water partition coefficient (Wildman–Crippen LogP) is 0.842. The second-order valence-corrected chi connectivity index (χ2v) is 5.46. The summed E-state index contributed by atoms with van der Waals surface area (Å²) in [6.45, 7) is 4.17. The van der Waals surface area contributed by atoms with Crippen LogP contribution in [-0.2, 0) is 0 Å². The van der Waals surface area contributed by atoms with E-state index in [2.05, 4.69) is 6.92 Å². The van der Waals surface area contributed by atoms with Gasteiger partial charge in [-0.25, -0.2) is 0 Å². The van der Waals surface area contributed by atoms with Gasteiger partial charge in [0.25, 0.3) is 5.91 Å². The van der Waals surface area contributed by atoms with Crippen LogP contribution in [0.15, 0.2) is 24.3 Å². The minimum atomic E-state index is -0.522. The fourth-order valence-electron chi connectivity index (χ4n) is 2.63. The van der Waals surface area contributed by atoms with Gasteiger partial charge >= 0.3 is 0 Å². The zero-order chi connectivity index (χ0) is 14.7. The van der Waals surface area contributed by atoms with Crippen molar-refractivity contribution in [1.82, 2.24) is 4.90 Å². The third kappa shape index (κ3) is 2.99. The molecule has 0 spiro atoms. The molecule has 5 heteroatoms. The number of likely N-dealkylation sites (tertiary alicyclic amines) is 1. The lowest BCUT2D eigenvalue weighted by atomic mass is 9.87. The standard InChI is InChI=1S/C15H21N3O2/c1-10-5-6-18(9-13(10)8-16)15(20)12-4-2-3-11(7-12)14(17)19/h2-4,7,10,13H,5-6,8-9,16H2,1H3,(H2,17,19). The molecule has 4 N–H and O–H groups in total. The molecule has 2 amide bonds. The van der Waals surface area contributed by atoms with E-state index in [0.29, 0.717) is 36.1 Å². The van der Waals surface area contributed by atoms with Gasteiger partial charge in [0, 0.05) is 24.2 Å². The molecule has 1 aromatic rings. The van der Waals surface area contributed by atoms with Crippen LogP contribution in [-0.4, -0.2) is 36.3 Å². The van der Waals surface area contributed by atoms with Crippen LogP contribution < -0.4 is 11.5 Å². The van der Waals surface area contributed by atoms with Crippen LogP contribution >= 0.6 is 0 Å². The summed E-state index contributed by atoms with van der Waals surface area (Å²) in [5.74, 6) is 0.304. The highest BCUT2D eigenvalue weighted by atomic mass is 16.2. The van der Waals surface area contributed by atoms with E-state index in [9.17, 15) is 9.59 Å². The fourth-order valence-corrected chi connectivity index (χ4v) is 2.63. The molecule has 5 nitrogen and oxygen atoms in total. The second kappa shape index (κ2) is 6.05. The van der Waals surface area contributed by atoms with Gasteiger partial charge in [0.2, 0.25) is 5.91 Å². The van der Waals surface area contributed by atoms with E-state index in [4.69, 9.17) is 11.5 Å². The number of carbonyl (C=O) groups is 2. The highest BCUT2D eigenvalue weighted by Gasteiger charge is 2.28. The van der Waals surface area contributed by atoms with Gasteiger partial charge in [-0.3, -0.25) is 9.59 Å². The van der Waals surface area contributed by atoms with Gasteiger partial charge in [-0.15, -0.1) is 0 Å². The van der Waals surface area contributed by atoms with Gasteiger partial charge in [-0.05, 0) is 43.0 Å². The first-order chi connectivity index (χ1) is 9.52. The normalized spacial score (nSPS) is 22.6. The number of hydrogen-bond donors (Lipinski definition) is 2. The maximum absolute atomic E-state index is 12.5. The van der Waals surface area contributed by atoms with E-state index in [1.165, 1.54) is 0 Å². The van der Waals surface area contributed by atoms with Crippen molar-refractivity contribution in [2.45, 2.75) is 13.3 Å². The summed E-state index contributed by atoms with van der Waals surface area (Å²) in [7, 11) is 0. The molecule has 0 radical (unpaired) electrons. The number of carbonyl (C=O) groups excluding carboxylic acids is 2. The average Bonchev–Trinajstić information content (AvgIpc) is 2.47. The molecule has 0 aliphatic carbocycles. The maximum atomic E-state index is 12.5. The van der Waals surface area contributed by atoms with Crippen molar-refractivity contribution in [1.29, 1.82) is 0 Å². The maximum Gasteiger partial charge on any atom is 0.253 e. The van der Waals surface area contributed by atoms with Crippen molar-refractivity contribution in [3.05, 3.63) is 35.4 Å². The number of nitrogens with zero attached hydrogens (tertiary/aromatic N) is 1. The van der Waals surface area contributed by atoms with Crippen LogP contribution in [0.2, 0.25) is 0 Å². The largest absolute Gasteiger partial charge is 0.366 e. The van der Waals surface area contributed by atoms with E-state index in [-0.39, 0.29) is 5.91 Å². The van der Waals surface area contributed by atoms with Crippen molar-refractivity contribution >= 4 is 11.8 Å². The summed E-state index contributed by atoms with van der Waals surface area (Å²) >= 11 is 0. The van der Waals surface area contributed by atoms with E-state index >= 15 is 0 Å². The van der Waals surface area contributed by atoms with E-state index in [1.54, 1.807) is 24.3 Å². The molecule has 1 heterocycles. The number of amides is 2. The van der Waals surface area contributed by atoms with Crippen LogP contribution in [0.3, 0.4) is 0 Å². The fraction of sp³-hybridized carbons (Fsp3) is 0.467. The summed E-state index contributed by atoms with van der Waals surface area (Å²) in [6.07, 6.45) is 0.961. The number of hydrogen-bond acceptors (Lipinski definition) is 3. The molecule has 2 unspecified atom stereocenters. The van der Waals surface area contributed by atoms with Gasteiger partial charge in [0.15, 0.2) is 0 Å². The first-order valence-corrected chi connectivity index (χ1v) is 6.92. The van der Waals surface area contributed by atoms with Crippen molar-refractivity contribution in [3.8, 4) is 0 Å². The minimum absolute atomic E-state index is 0.0570. The molecule has 1 aromatic carbocycles. The molecule has 20 heavy (non-hydrogen) atoms. The first-order valence-electron chi connectivity index (χ1n) is 6.92. The third-order valence-electron chi connectivity index (χ3n) is 4.10. The molecule has 0 saturated carbocycles. The summed E-state index contributed by atoms with van der Waals surface area (Å²) in [5, 5.41) is 0. The molecule has 1 saturated heterocycles. The molecule has 1 fully saturated rings. The molecule has 0 bridgehead atoms. The highest BCUT2D eigenvalue weighted by molar-refractivity contribution is 5.99. The van der Waals surface area contributed by atoms with Crippen LogP contribution in [0.4, 0.5) is 0 Å².